The van der Waals surface area contributed by atoms with E-state index in [1.807, 2.05) is 0 Å². The van der Waals surface area contributed by atoms with E-state index in [2.05, 4.69) is 24.8 Å². The molecule has 1 aromatic carbocycles. The third kappa shape index (κ3) is 1.72. The summed E-state index contributed by atoms with van der Waals surface area (Å²) in [5, 5.41) is 10.5. The molecule has 2 bridgehead atoms. The zero-order valence-electron chi connectivity index (χ0n) is 15.6. The number of ether oxygens (including phenoxy) is 1. The summed E-state index contributed by atoms with van der Waals surface area (Å²) in [5.41, 5.74) is 1.92. The molecule has 1 unspecified atom stereocenters. The molecule has 3 fully saturated rings. The number of carbonyl (C=O) groups is 1. The average Bonchev–Trinajstić information content (AvgIpc) is 3.33. The maximum atomic E-state index is 13.3. The number of hydrogen-bond donors (Lipinski definition) is 1. The standard InChI is InChI=1S/C22H27NO3/c1-21(2)10-14-15-9-13-5-6-16(24)18-17(13)22(14,20(26-18)19(21)25)7-8-23(15)11-12-3-4-12/h5-6,12,14-15,20,24H,3-4,7-11H2,1-2H3/t14?,15-,20+,22+/m1/s1. The third-order valence-corrected chi connectivity index (χ3v) is 8.05. The van der Waals surface area contributed by atoms with Crippen LogP contribution in [0.2, 0.25) is 0 Å². The first-order chi connectivity index (χ1) is 12.4. The highest BCUT2D eigenvalue weighted by Gasteiger charge is 2.69. The number of aromatic hydroxyl groups is 1. The van der Waals surface area contributed by atoms with E-state index in [9.17, 15) is 9.90 Å². The average molecular weight is 353 g/mol. The fourth-order valence-electron chi connectivity index (χ4n) is 6.65. The van der Waals surface area contributed by atoms with Gasteiger partial charge < -0.3 is 9.84 Å². The number of piperidine rings is 1. The van der Waals surface area contributed by atoms with E-state index in [-0.39, 0.29) is 22.4 Å². The first-order valence-electron chi connectivity index (χ1n) is 10.2. The van der Waals surface area contributed by atoms with Crippen LogP contribution in [-0.4, -0.2) is 41.0 Å². The Labute approximate surface area is 154 Å². The Balaban J connectivity index is 1.55. The van der Waals surface area contributed by atoms with Gasteiger partial charge in [-0.3, -0.25) is 9.69 Å². The van der Waals surface area contributed by atoms with Gasteiger partial charge in [0, 0.05) is 29.0 Å². The third-order valence-electron chi connectivity index (χ3n) is 8.05. The monoisotopic (exact) mass is 353 g/mol. The SMILES string of the molecule is CC1(C)CC2[C@H]3Cc4ccc(O)c5c4[C@@]2(CCN3CC2CC2)[C@@H](O5)C1=O. The van der Waals surface area contributed by atoms with Crippen molar-refractivity contribution in [1.29, 1.82) is 0 Å². The largest absolute Gasteiger partial charge is 0.504 e. The smallest absolute Gasteiger partial charge is 0.179 e. The van der Waals surface area contributed by atoms with Crippen molar-refractivity contribution in [2.24, 2.45) is 17.3 Å². The molecule has 4 atom stereocenters. The Bertz CT molecular complexity index is 827. The molecule has 1 aromatic rings. The minimum atomic E-state index is -0.413. The number of ketones is 1. The molecule has 4 nitrogen and oxygen atoms in total. The molecular formula is C22H27NO3. The minimum absolute atomic E-state index is 0.204. The molecule has 3 aliphatic carbocycles. The summed E-state index contributed by atoms with van der Waals surface area (Å²) in [4.78, 5) is 16.1. The fraction of sp³-hybridized carbons (Fsp3) is 0.682. The summed E-state index contributed by atoms with van der Waals surface area (Å²) in [5.74, 6) is 2.37. The minimum Gasteiger partial charge on any atom is -0.504 e. The van der Waals surface area contributed by atoms with Crippen LogP contribution >= 0.6 is 0 Å². The zero-order valence-corrected chi connectivity index (χ0v) is 15.6. The lowest BCUT2D eigenvalue weighted by molar-refractivity contribution is -0.153. The van der Waals surface area contributed by atoms with Crippen molar-refractivity contribution in [3.05, 3.63) is 23.3 Å². The van der Waals surface area contributed by atoms with Gasteiger partial charge in [-0.05, 0) is 62.1 Å². The quantitative estimate of drug-likeness (QED) is 0.888. The van der Waals surface area contributed by atoms with Crippen LogP contribution in [0.4, 0.5) is 0 Å². The van der Waals surface area contributed by atoms with Gasteiger partial charge in [-0.25, -0.2) is 0 Å². The lowest BCUT2D eigenvalue weighted by Crippen LogP contribution is -2.69. The van der Waals surface area contributed by atoms with E-state index >= 15 is 0 Å². The van der Waals surface area contributed by atoms with E-state index in [1.54, 1.807) is 6.07 Å². The summed E-state index contributed by atoms with van der Waals surface area (Å²) < 4.78 is 6.27. The van der Waals surface area contributed by atoms with Crippen LogP contribution in [0.3, 0.4) is 0 Å². The van der Waals surface area contributed by atoms with E-state index in [0.717, 1.165) is 31.7 Å². The van der Waals surface area contributed by atoms with Crippen LogP contribution in [0, 0.1) is 17.3 Å². The van der Waals surface area contributed by atoms with Crippen molar-refractivity contribution >= 4 is 5.78 Å². The number of Topliss-reactive ketones (excluding diaryl/α,β-unsaturated/α-hetero) is 1. The Hall–Kier alpha value is -1.55. The topological polar surface area (TPSA) is 49.8 Å². The number of carbonyl (C=O) groups excluding carboxylic acids is 1. The molecule has 2 aliphatic heterocycles. The molecule has 2 saturated carbocycles. The van der Waals surface area contributed by atoms with Crippen molar-refractivity contribution in [1.82, 2.24) is 4.90 Å². The van der Waals surface area contributed by atoms with Crippen LogP contribution < -0.4 is 4.74 Å². The summed E-state index contributed by atoms with van der Waals surface area (Å²) in [7, 11) is 0. The van der Waals surface area contributed by atoms with E-state index < -0.39 is 6.10 Å². The summed E-state index contributed by atoms with van der Waals surface area (Å²) in [6, 6.07) is 4.35. The highest BCUT2D eigenvalue weighted by atomic mass is 16.5. The number of phenolic OH excluding ortho intramolecular Hbond substituents is 1. The summed E-state index contributed by atoms with van der Waals surface area (Å²) in [6.07, 6.45) is 5.29. The van der Waals surface area contributed by atoms with Gasteiger partial charge >= 0.3 is 0 Å². The van der Waals surface area contributed by atoms with Gasteiger partial charge in [-0.15, -0.1) is 0 Å². The number of nitrogens with zero attached hydrogens (tertiary/aromatic N) is 1. The summed E-state index contributed by atoms with van der Waals surface area (Å²) >= 11 is 0. The van der Waals surface area contributed by atoms with Gasteiger partial charge in [0.05, 0.1) is 0 Å². The zero-order chi connectivity index (χ0) is 17.8. The second-order valence-electron chi connectivity index (χ2n) is 10.0. The van der Waals surface area contributed by atoms with Gasteiger partial charge in [-0.1, -0.05) is 19.9 Å². The summed E-state index contributed by atoms with van der Waals surface area (Å²) in [6.45, 7) is 6.45. The highest BCUT2D eigenvalue weighted by molar-refractivity contribution is 5.93. The maximum absolute atomic E-state index is 13.3. The Morgan fingerprint density at radius 1 is 1.31 bits per heavy atom. The van der Waals surface area contributed by atoms with Gasteiger partial charge in [0.15, 0.2) is 23.4 Å². The maximum Gasteiger partial charge on any atom is 0.179 e. The van der Waals surface area contributed by atoms with Crippen LogP contribution in [0.15, 0.2) is 12.1 Å². The number of benzene rings is 1. The molecule has 4 heteroatoms. The van der Waals surface area contributed by atoms with Crippen molar-refractivity contribution in [2.75, 3.05) is 13.1 Å². The van der Waals surface area contributed by atoms with E-state index in [4.69, 9.17) is 4.74 Å². The number of rotatable bonds is 2. The van der Waals surface area contributed by atoms with Gasteiger partial charge in [-0.2, -0.15) is 0 Å². The number of phenols is 1. The molecule has 6 rings (SSSR count). The molecule has 1 N–H and O–H groups in total. The lowest BCUT2D eigenvalue weighted by Gasteiger charge is -2.60. The Kier molecular flexibility index (Phi) is 2.77. The number of likely N-dealkylation sites (tertiary alicyclic amines) is 1. The Morgan fingerprint density at radius 3 is 2.88 bits per heavy atom. The van der Waals surface area contributed by atoms with Crippen LogP contribution in [0.1, 0.15) is 50.7 Å². The van der Waals surface area contributed by atoms with Gasteiger partial charge in [0.1, 0.15) is 0 Å². The molecule has 2 heterocycles. The van der Waals surface area contributed by atoms with Crippen LogP contribution in [0.25, 0.3) is 0 Å². The van der Waals surface area contributed by atoms with Crippen molar-refractivity contribution < 1.29 is 14.6 Å². The van der Waals surface area contributed by atoms with Crippen molar-refractivity contribution in [2.45, 2.75) is 63.5 Å². The molecule has 1 saturated heterocycles. The molecule has 1 spiro atoms. The normalized spacial score (nSPS) is 39.5. The molecule has 5 aliphatic rings. The van der Waals surface area contributed by atoms with Gasteiger partial charge in [0.25, 0.3) is 0 Å². The molecule has 0 radical (unpaired) electrons. The predicted octanol–water partition coefficient (Wildman–Crippen LogP) is 3.05. The first kappa shape index (κ1) is 15.5. The van der Waals surface area contributed by atoms with Gasteiger partial charge in [0.2, 0.25) is 0 Å². The van der Waals surface area contributed by atoms with Crippen LogP contribution in [0.5, 0.6) is 11.5 Å². The van der Waals surface area contributed by atoms with Crippen molar-refractivity contribution in [3.8, 4) is 11.5 Å². The molecule has 0 aromatic heterocycles. The lowest BCUT2D eigenvalue weighted by atomic mass is 9.48. The van der Waals surface area contributed by atoms with Crippen molar-refractivity contribution in [3.63, 3.8) is 0 Å². The predicted molar refractivity (Wildman–Crippen MR) is 97.5 cm³/mol. The first-order valence-corrected chi connectivity index (χ1v) is 10.2. The Morgan fingerprint density at radius 2 is 2.12 bits per heavy atom. The van der Waals surface area contributed by atoms with E-state index in [1.165, 1.54) is 30.5 Å². The molecule has 26 heavy (non-hydrogen) atoms. The second-order valence-corrected chi connectivity index (χ2v) is 10.0. The van der Waals surface area contributed by atoms with Crippen LogP contribution in [-0.2, 0) is 16.6 Å². The highest BCUT2D eigenvalue weighted by Crippen LogP contribution is 2.65. The number of hydrogen-bond acceptors (Lipinski definition) is 4. The van der Waals surface area contributed by atoms with E-state index in [0.29, 0.717) is 17.7 Å². The molecule has 138 valence electrons. The molecule has 0 amide bonds. The fourth-order valence-corrected chi connectivity index (χ4v) is 6.65. The second kappa shape index (κ2) is 4.64. The molecular weight excluding hydrogens is 326 g/mol.